The quantitative estimate of drug-likeness (QED) is 0.670. The van der Waals surface area contributed by atoms with Crippen molar-refractivity contribution in [2.45, 2.75) is 37.0 Å². The average molecular weight is 290 g/mol. The monoisotopic (exact) mass is 290 g/mol. The fourth-order valence-corrected chi connectivity index (χ4v) is 4.37. The average Bonchev–Trinajstić information content (AvgIpc) is 2.82. The normalized spacial score (nSPS) is 21.2. The molecule has 108 valence electrons. The minimum atomic E-state index is 0.302. The smallest absolute Gasteiger partial charge is 0.111 e. The number of rotatable bonds is 4. The first-order valence-electron chi connectivity index (χ1n) is 7.27. The van der Waals surface area contributed by atoms with Crippen LogP contribution in [0.3, 0.4) is 0 Å². The molecule has 0 bridgehead atoms. The molecule has 1 saturated heterocycles. The lowest BCUT2D eigenvalue weighted by Gasteiger charge is -2.29. The Morgan fingerprint density at radius 1 is 1.45 bits per heavy atom. The first-order valence-corrected chi connectivity index (χ1v) is 8.32. The number of imidazole rings is 1. The Morgan fingerprint density at radius 3 is 3.00 bits per heavy atom. The lowest BCUT2D eigenvalue weighted by molar-refractivity contribution is 0.461. The third kappa shape index (κ3) is 2.71. The number of aromatic nitrogens is 2. The number of para-hydroxylation sites is 2. The number of benzene rings is 1. The van der Waals surface area contributed by atoms with E-state index in [0.717, 1.165) is 17.8 Å². The maximum atomic E-state index is 5.80. The minimum Gasteiger partial charge on any atom is -0.331 e. The molecular weight excluding hydrogens is 268 g/mol. The fraction of sp³-hybridized carbons (Fsp3) is 0.533. The van der Waals surface area contributed by atoms with Crippen LogP contribution in [0.15, 0.2) is 24.3 Å². The van der Waals surface area contributed by atoms with Crippen molar-refractivity contribution in [2.75, 3.05) is 5.75 Å². The number of nitrogens with zero attached hydrogens (tertiary/aromatic N) is 2. The molecule has 1 aliphatic rings. The van der Waals surface area contributed by atoms with Gasteiger partial charge in [-0.3, -0.25) is 11.3 Å². The zero-order valence-corrected chi connectivity index (χ0v) is 12.7. The van der Waals surface area contributed by atoms with E-state index in [9.17, 15) is 0 Å². The van der Waals surface area contributed by atoms with Crippen LogP contribution in [0.1, 0.15) is 25.1 Å². The molecule has 0 amide bonds. The Hall–Kier alpha value is -1.04. The molecule has 2 heterocycles. The summed E-state index contributed by atoms with van der Waals surface area (Å²) in [6, 6.07) is 8.58. The fourth-order valence-electron chi connectivity index (χ4n) is 2.96. The molecule has 3 rings (SSSR count). The van der Waals surface area contributed by atoms with E-state index in [1.807, 2.05) is 17.8 Å². The molecule has 3 N–H and O–H groups in total. The third-order valence-corrected chi connectivity index (χ3v) is 5.68. The van der Waals surface area contributed by atoms with Gasteiger partial charge in [0, 0.05) is 24.8 Å². The summed E-state index contributed by atoms with van der Waals surface area (Å²) in [6.07, 6.45) is 4.80. The number of fused-ring (bicyclic) bond motifs is 1. The van der Waals surface area contributed by atoms with Crippen molar-refractivity contribution in [1.82, 2.24) is 15.0 Å². The van der Waals surface area contributed by atoms with Crippen LogP contribution in [0, 0.1) is 0 Å². The van der Waals surface area contributed by atoms with Crippen LogP contribution >= 0.6 is 11.8 Å². The van der Waals surface area contributed by atoms with Gasteiger partial charge in [0.15, 0.2) is 0 Å². The van der Waals surface area contributed by atoms with Crippen LogP contribution in [0.4, 0.5) is 0 Å². The van der Waals surface area contributed by atoms with E-state index in [0.29, 0.717) is 11.3 Å². The predicted octanol–water partition coefficient (Wildman–Crippen LogP) is 2.23. The van der Waals surface area contributed by atoms with Crippen molar-refractivity contribution in [3.63, 3.8) is 0 Å². The van der Waals surface area contributed by atoms with E-state index in [2.05, 4.69) is 35.2 Å². The van der Waals surface area contributed by atoms with Gasteiger partial charge < -0.3 is 4.57 Å². The molecule has 20 heavy (non-hydrogen) atoms. The highest BCUT2D eigenvalue weighted by molar-refractivity contribution is 8.00. The number of aryl methyl sites for hydroxylation is 1. The summed E-state index contributed by atoms with van der Waals surface area (Å²) in [4.78, 5) is 4.75. The molecule has 1 aliphatic heterocycles. The van der Waals surface area contributed by atoms with Crippen LogP contribution < -0.4 is 11.3 Å². The van der Waals surface area contributed by atoms with Crippen molar-refractivity contribution in [3.05, 3.63) is 30.1 Å². The Labute approximate surface area is 124 Å². The van der Waals surface area contributed by atoms with Gasteiger partial charge in [-0.15, -0.1) is 0 Å². The van der Waals surface area contributed by atoms with Crippen molar-refractivity contribution in [2.24, 2.45) is 12.9 Å². The Morgan fingerprint density at radius 2 is 2.30 bits per heavy atom. The maximum Gasteiger partial charge on any atom is 0.111 e. The molecular formula is C15H22N4S. The molecule has 2 atom stereocenters. The Balaban J connectivity index is 1.81. The topological polar surface area (TPSA) is 55.9 Å². The zero-order valence-electron chi connectivity index (χ0n) is 11.9. The van der Waals surface area contributed by atoms with Crippen molar-refractivity contribution in [1.29, 1.82) is 0 Å². The summed E-state index contributed by atoms with van der Waals surface area (Å²) in [5.41, 5.74) is 5.27. The Bertz CT molecular complexity index is 574. The summed E-state index contributed by atoms with van der Waals surface area (Å²) in [7, 11) is 2.09. The van der Waals surface area contributed by atoms with Gasteiger partial charge in [-0.1, -0.05) is 18.6 Å². The summed E-state index contributed by atoms with van der Waals surface area (Å²) in [5, 5.41) is 0.605. The molecule has 0 spiro atoms. The minimum absolute atomic E-state index is 0.302. The molecule has 0 aliphatic carbocycles. The molecule has 0 radical (unpaired) electrons. The lowest BCUT2D eigenvalue weighted by atomic mass is 10.0. The van der Waals surface area contributed by atoms with E-state index in [-0.39, 0.29) is 0 Å². The Kier molecular flexibility index (Phi) is 4.29. The number of nitrogens with one attached hydrogen (secondary N) is 1. The van der Waals surface area contributed by atoms with Gasteiger partial charge in [0.1, 0.15) is 5.82 Å². The highest BCUT2D eigenvalue weighted by Crippen LogP contribution is 2.29. The first kappa shape index (κ1) is 13.9. The summed E-state index contributed by atoms with van der Waals surface area (Å²) < 4.78 is 2.19. The largest absolute Gasteiger partial charge is 0.331 e. The highest BCUT2D eigenvalue weighted by Gasteiger charge is 2.25. The van der Waals surface area contributed by atoms with Gasteiger partial charge in [-0.2, -0.15) is 11.8 Å². The van der Waals surface area contributed by atoms with Crippen molar-refractivity contribution < 1.29 is 0 Å². The third-order valence-electron chi connectivity index (χ3n) is 4.16. The second-order valence-electron chi connectivity index (χ2n) is 5.46. The van der Waals surface area contributed by atoms with E-state index in [4.69, 9.17) is 10.8 Å². The van der Waals surface area contributed by atoms with E-state index in [1.165, 1.54) is 30.5 Å². The molecule has 5 heteroatoms. The molecule has 1 aromatic carbocycles. The van der Waals surface area contributed by atoms with Crippen LogP contribution in [0.25, 0.3) is 11.0 Å². The SMILES string of the molecule is Cn1c(CC(NN)C2CCCCS2)nc2ccccc21. The number of hydrogen-bond acceptors (Lipinski definition) is 4. The van der Waals surface area contributed by atoms with Gasteiger partial charge >= 0.3 is 0 Å². The van der Waals surface area contributed by atoms with Crippen LogP contribution in [0.2, 0.25) is 0 Å². The van der Waals surface area contributed by atoms with Gasteiger partial charge in [0.25, 0.3) is 0 Å². The second-order valence-corrected chi connectivity index (χ2v) is 6.81. The molecule has 1 aromatic heterocycles. The van der Waals surface area contributed by atoms with Crippen molar-refractivity contribution in [3.8, 4) is 0 Å². The summed E-state index contributed by atoms with van der Waals surface area (Å²) in [5.74, 6) is 8.16. The number of thioether (sulfide) groups is 1. The number of hydrazine groups is 1. The van der Waals surface area contributed by atoms with Crippen molar-refractivity contribution >= 4 is 22.8 Å². The van der Waals surface area contributed by atoms with Gasteiger partial charge in [0.2, 0.25) is 0 Å². The van der Waals surface area contributed by atoms with Gasteiger partial charge in [-0.05, 0) is 30.7 Å². The van der Waals surface area contributed by atoms with E-state index >= 15 is 0 Å². The number of nitrogens with two attached hydrogens (primary N) is 1. The predicted molar refractivity (Wildman–Crippen MR) is 85.6 cm³/mol. The molecule has 1 fully saturated rings. The van der Waals surface area contributed by atoms with E-state index < -0.39 is 0 Å². The van der Waals surface area contributed by atoms with Gasteiger partial charge in [-0.25, -0.2) is 4.98 Å². The van der Waals surface area contributed by atoms with E-state index in [1.54, 1.807) is 0 Å². The van der Waals surface area contributed by atoms with Crippen LogP contribution in [-0.2, 0) is 13.5 Å². The van der Waals surface area contributed by atoms with Gasteiger partial charge in [0.05, 0.1) is 11.0 Å². The standard InChI is InChI=1S/C15H22N4S/c1-19-13-7-3-2-6-11(13)17-15(19)10-12(18-16)14-8-4-5-9-20-14/h2-3,6-7,12,14,18H,4-5,8-10,16H2,1H3. The van der Waals surface area contributed by atoms with Crippen LogP contribution in [0.5, 0.6) is 0 Å². The molecule has 2 unspecified atom stereocenters. The number of hydrogen-bond donors (Lipinski definition) is 2. The lowest BCUT2D eigenvalue weighted by Crippen LogP contribution is -2.45. The highest BCUT2D eigenvalue weighted by atomic mass is 32.2. The molecule has 4 nitrogen and oxygen atoms in total. The summed E-state index contributed by atoms with van der Waals surface area (Å²) in [6.45, 7) is 0. The maximum absolute atomic E-state index is 5.80. The first-order chi connectivity index (χ1) is 9.79. The molecule has 2 aromatic rings. The zero-order chi connectivity index (χ0) is 13.9. The summed E-state index contributed by atoms with van der Waals surface area (Å²) >= 11 is 2.05. The second kappa shape index (κ2) is 6.16. The van der Waals surface area contributed by atoms with Crippen LogP contribution in [-0.4, -0.2) is 26.6 Å². The molecule has 0 saturated carbocycles.